The molecular formula is C10H10ClNO4. The summed E-state index contributed by atoms with van der Waals surface area (Å²) in [6.07, 6.45) is 0. The summed E-state index contributed by atoms with van der Waals surface area (Å²) in [5.41, 5.74) is 6.05. The predicted molar refractivity (Wildman–Crippen MR) is 58.2 cm³/mol. The van der Waals surface area contributed by atoms with E-state index in [0.717, 1.165) is 0 Å². The first-order chi connectivity index (χ1) is 7.54. The molecule has 1 aromatic rings. The van der Waals surface area contributed by atoms with Crippen LogP contribution >= 0.6 is 11.6 Å². The van der Waals surface area contributed by atoms with Crippen molar-refractivity contribution in [2.75, 3.05) is 19.5 Å². The molecule has 0 spiro atoms. The van der Waals surface area contributed by atoms with E-state index in [1.54, 1.807) is 0 Å². The Kier molecular flexibility index (Phi) is 4.13. The van der Waals surface area contributed by atoms with Gasteiger partial charge in [0.05, 0.1) is 17.7 Å². The lowest BCUT2D eigenvalue weighted by molar-refractivity contribution is -0.144. The van der Waals surface area contributed by atoms with Crippen molar-refractivity contribution < 1.29 is 19.1 Å². The Morgan fingerprint density at radius 3 is 2.69 bits per heavy atom. The van der Waals surface area contributed by atoms with Gasteiger partial charge in [0.15, 0.2) is 6.61 Å². The lowest BCUT2D eigenvalue weighted by Gasteiger charge is -2.05. The summed E-state index contributed by atoms with van der Waals surface area (Å²) in [5, 5.41) is 0.176. The number of ether oxygens (including phenoxy) is 2. The quantitative estimate of drug-likeness (QED) is 0.639. The van der Waals surface area contributed by atoms with Crippen molar-refractivity contribution in [3.8, 4) is 0 Å². The molecule has 0 aromatic heterocycles. The van der Waals surface area contributed by atoms with Crippen molar-refractivity contribution >= 4 is 29.2 Å². The van der Waals surface area contributed by atoms with Gasteiger partial charge in [0.25, 0.3) is 0 Å². The number of carbonyl (C=O) groups is 2. The van der Waals surface area contributed by atoms with Gasteiger partial charge in [-0.1, -0.05) is 11.6 Å². The molecule has 0 aliphatic rings. The molecule has 1 rings (SSSR count). The maximum Gasteiger partial charge on any atom is 0.344 e. The number of nitrogens with two attached hydrogens (primary N) is 1. The molecule has 0 aliphatic heterocycles. The van der Waals surface area contributed by atoms with Gasteiger partial charge in [-0.15, -0.1) is 0 Å². The average Bonchev–Trinajstić information content (AvgIpc) is 2.25. The average molecular weight is 244 g/mol. The van der Waals surface area contributed by atoms with E-state index >= 15 is 0 Å². The summed E-state index contributed by atoms with van der Waals surface area (Å²) < 4.78 is 8.98. The van der Waals surface area contributed by atoms with E-state index in [2.05, 4.69) is 9.47 Å². The van der Waals surface area contributed by atoms with Gasteiger partial charge in [-0.3, -0.25) is 0 Å². The van der Waals surface area contributed by atoms with Crippen LogP contribution in [-0.4, -0.2) is 25.7 Å². The first-order valence-electron chi connectivity index (χ1n) is 4.33. The van der Waals surface area contributed by atoms with E-state index in [1.165, 1.54) is 25.3 Å². The van der Waals surface area contributed by atoms with Gasteiger partial charge in [-0.2, -0.15) is 0 Å². The molecule has 5 nitrogen and oxygen atoms in total. The van der Waals surface area contributed by atoms with Crippen LogP contribution in [0.3, 0.4) is 0 Å². The number of anilines is 1. The molecule has 1 aromatic carbocycles. The van der Waals surface area contributed by atoms with Gasteiger partial charge in [-0.25, -0.2) is 9.59 Å². The monoisotopic (exact) mass is 243 g/mol. The molecule has 0 saturated heterocycles. The van der Waals surface area contributed by atoms with Gasteiger partial charge in [0.2, 0.25) is 0 Å². The van der Waals surface area contributed by atoms with Crippen LogP contribution in [0.15, 0.2) is 18.2 Å². The Morgan fingerprint density at radius 1 is 1.44 bits per heavy atom. The SMILES string of the molecule is COC(=O)COC(=O)c1ccc(N)cc1Cl. The van der Waals surface area contributed by atoms with Crippen LogP contribution in [0.4, 0.5) is 5.69 Å². The fourth-order valence-electron chi connectivity index (χ4n) is 0.958. The number of carbonyl (C=O) groups excluding carboxylic acids is 2. The molecule has 0 amide bonds. The number of halogens is 1. The molecule has 16 heavy (non-hydrogen) atoms. The summed E-state index contributed by atoms with van der Waals surface area (Å²) >= 11 is 5.78. The van der Waals surface area contributed by atoms with Crippen molar-refractivity contribution in [3.05, 3.63) is 28.8 Å². The largest absolute Gasteiger partial charge is 0.466 e. The molecule has 0 unspecified atom stereocenters. The number of rotatable bonds is 3. The van der Waals surface area contributed by atoms with E-state index in [0.29, 0.717) is 5.69 Å². The zero-order valence-corrected chi connectivity index (χ0v) is 9.28. The number of methoxy groups -OCH3 is 1. The van der Waals surface area contributed by atoms with Crippen molar-refractivity contribution in [2.24, 2.45) is 0 Å². The molecular weight excluding hydrogens is 234 g/mol. The zero-order chi connectivity index (χ0) is 12.1. The highest BCUT2D eigenvalue weighted by Gasteiger charge is 2.13. The first kappa shape index (κ1) is 12.3. The fraction of sp³-hybridized carbons (Fsp3) is 0.200. The van der Waals surface area contributed by atoms with Crippen molar-refractivity contribution in [2.45, 2.75) is 0 Å². The molecule has 0 radical (unpaired) electrons. The standard InChI is InChI=1S/C10H10ClNO4/c1-15-9(13)5-16-10(14)7-3-2-6(12)4-8(7)11/h2-4H,5,12H2,1H3. The second-order valence-corrected chi connectivity index (χ2v) is 3.30. The Hall–Kier alpha value is -1.75. The van der Waals surface area contributed by atoms with E-state index in [4.69, 9.17) is 17.3 Å². The number of nitrogen functional groups attached to an aromatic ring is 1. The summed E-state index contributed by atoms with van der Waals surface area (Å²) in [7, 11) is 1.20. The van der Waals surface area contributed by atoms with Crippen LogP contribution in [0.2, 0.25) is 5.02 Å². The lowest BCUT2D eigenvalue weighted by atomic mass is 10.2. The summed E-state index contributed by atoms with van der Waals surface area (Å²) in [6.45, 7) is -0.448. The maximum atomic E-state index is 11.4. The van der Waals surface area contributed by atoms with Crippen molar-refractivity contribution in [3.63, 3.8) is 0 Å². The maximum absolute atomic E-state index is 11.4. The predicted octanol–water partition coefficient (Wildman–Crippen LogP) is 1.25. The second-order valence-electron chi connectivity index (χ2n) is 2.89. The van der Waals surface area contributed by atoms with Crippen LogP contribution in [-0.2, 0) is 14.3 Å². The van der Waals surface area contributed by atoms with Crippen molar-refractivity contribution in [1.82, 2.24) is 0 Å². The highest BCUT2D eigenvalue weighted by atomic mass is 35.5. The Labute approximate surface area is 97.1 Å². The molecule has 0 saturated carbocycles. The van der Waals surface area contributed by atoms with Gasteiger partial charge in [-0.05, 0) is 18.2 Å². The Morgan fingerprint density at radius 2 is 2.12 bits per heavy atom. The Bertz CT molecular complexity index is 419. The molecule has 0 heterocycles. The number of hydrogen-bond donors (Lipinski definition) is 1. The molecule has 0 fully saturated rings. The molecule has 6 heteroatoms. The number of hydrogen-bond acceptors (Lipinski definition) is 5. The van der Waals surface area contributed by atoms with Crippen LogP contribution in [0.1, 0.15) is 10.4 Å². The van der Waals surface area contributed by atoms with E-state index in [-0.39, 0.29) is 10.6 Å². The lowest BCUT2D eigenvalue weighted by Crippen LogP contribution is -2.15. The smallest absolute Gasteiger partial charge is 0.344 e. The van der Waals surface area contributed by atoms with Gasteiger partial charge < -0.3 is 15.2 Å². The minimum absolute atomic E-state index is 0.153. The molecule has 0 bridgehead atoms. The van der Waals surface area contributed by atoms with Crippen LogP contribution < -0.4 is 5.73 Å². The Balaban J connectivity index is 2.70. The molecule has 86 valence electrons. The van der Waals surface area contributed by atoms with Gasteiger partial charge in [0.1, 0.15) is 0 Å². The number of benzene rings is 1. The van der Waals surface area contributed by atoms with E-state index in [1.807, 2.05) is 0 Å². The highest BCUT2D eigenvalue weighted by Crippen LogP contribution is 2.19. The van der Waals surface area contributed by atoms with Gasteiger partial charge in [0, 0.05) is 5.69 Å². The van der Waals surface area contributed by atoms with Crippen molar-refractivity contribution in [1.29, 1.82) is 0 Å². The number of esters is 2. The van der Waals surface area contributed by atoms with Crippen LogP contribution in [0, 0.1) is 0 Å². The fourth-order valence-corrected chi connectivity index (χ4v) is 1.22. The summed E-state index contributed by atoms with van der Waals surface area (Å²) in [5.74, 6) is -1.34. The third-order valence-corrected chi connectivity index (χ3v) is 2.07. The van der Waals surface area contributed by atoms with Crippen LogP contribution in [0.5, 0.6) is 0 Å². The normalized spacial score (nSPS) is 9.62. The second kappa shape index (κ2) is 5.37. The van der Waals surface area contributed by atoms with Gasteiger partial charge >= 0.3 is 11.9 Å². The van der Waals surface area contributed by atoms with E-state index in [9.17, 15) is 9.59 Å². The summed E-state index contributed by atoms with van der Waals surface area (Å²) in [4.78, 5) is 22.2. The zero-order valence-electron chi connectivity index (χ0n) is 8.53. The third kappa shape index (κ3) is 3.13. The third-order valence-electron chi connectivity index (χ3n) is 1.76. The summed E-state index contributed by atoms with van der Waals surface area (Å²) in [6, 6.07) is 4.37. The minimum atomic E-state index is -0.699. The molecule has 2 N–H and O–H groups in total. The minimum Gasteiger partial charge on any atom is -0.466 e. The van der Waals surface area contributed by atoms with E-state index < -0.39 is 18.5 Å². The first-order valence-corrected chi connectivity index (χ1v) is 4.71. The van der Waals surface area contributed by atoms with Crippen LogP contribution in [0.25, 0.3) is 0 Å². The highest BCUT2D eigenvalue weighted by molar-refractivity contribution is 6.33. The topological polar surface area (TPSA) is 78.6 Å². The molecule has 0 atom stereocenters. The molecule has 0 aliphatic carbocycles.